The molecule has 10 heteroatoms. The topological polar surface area (TPSA) is 113 Å². The SMILES string of the molecule is Cc1nc(Cl)c(C(=O)NCc2ccc(Cl)c(Oc3cc(N)cc(CO)c3)c2F)[nH]1. The van der Waals surface area contributed by atoms with Crippen LogP contribution in [0.2, 0.25) is 10.2 Å². The van der Waals surface area contributed by atoms with Crippen LogP contribution in [0.4, 0.5) is 10.1 Å². The normalized spacial score (nSPS) is 10.8. The van der Waals surface area contributed by atoms with Crippen molar-refractivity contribution in [3.63, 3.8) is 0 Å². The zero-order valence-electron chi connectivity index (χ0n) is 15.2. The minimum Gasteiger partial charge on any atom is -0.453 e. The van der Waals surface area contributed by atoms with Crippen LogP contribution in [0.15, 0.2) is 30.3 Å². The number of H-pyrrole nitrogens is 1. The Kier molecular flexibility index (Phi) is 6.26. The number of hydrogen-bond donors (Lipinski definition) is 4. The predicted octanol–water partition coefficient (Wildman–Crippen LogP) is 3.96. The van der Waals surface area contributed by atoms with Crippen molar-refractivity contribution < 1.29 is 19.0 Å². The molecule has 0 atom stereocenters. The van der Waals surface area contributed by atoms with Crippen molar-refractivity contribution in [3.05, 3.63) is 69.0 Å². The van der Waals surface area contributed by atoms with Crippen molar-refractivity contribution in [2.75, 3.05) is 5.73 Å². The summed E-state index contributed by atoms with van der Waals surface area (Å²) >= 11 is 12.0. The molecular formula is C19H17Cl2FN4O3. The van der Waals surface area contributed by atoms with Gasteiger partial charge >= 0.3 is 0 Å². The maximum atomic E-state index is 15.0. The molecule has 0 saturated carbocycles. The summed E-state index contributed by atoms with van der Waals surface area (Å²) in [6.07, 6.45) is 0. The van der Waals surface area contributed by atoms with E-state index in [0.717, 1.165) is 0 Å². The summed E-state index contributed by atoms with van der Waals surface area (Å²) < 4.78 is 20.5. The zero-order valence-corrected chi connectivity index (χ0v) is 16.7. The Balaban J connectivity index is 1.81. The molecule has 0 aliphatic rings. The number of nitrogen functional groups attached to an aromatic ring is 1. The van der Waals surface area contributed by atoms with Gasteiger partial charge in [-0.2, -0.15) is 0 Å². The summed E-state index contributed by atoms with van der Waals surface area (Å²) in [6, 6.07) is 7.45. The second-order valence-corrected chi connectivity index (χ2v) is 6.96. The third-order valence-electron chi connectivity index (χ3n) is 3.96. The molecular weight excluding hydrogens is 422 g/mol. The molecule has 0 fully saturated rings. The van der Waals surface area contributed by atoms with Crippen LogP contribution in [0, 0.1) is 12.7 Å². The number of aryl methyl sites for hydroxylation is 1. The maximum absolute atomic E-state index is 15.0. The van der Waals surface area contributed by atoms with Gasteiger partial charge in [0.25, 0.3) is 5.91 Å². The lowest BCUT2D eigenvalue weighted by Gasteiger charge is -2.13. The molecule has 2 aromatic carbocycles. The molecule has 152 valence electrons. The van der Waals surface area contributed by atoms with Gasteiger partial charge in [0.2, 0.25) is 0 Å². The fourth-order valence-corrected chi connectivity index (χ4v) is 3.08. The van der Waals surface area contributed by atoms with E-state index in [0.29, 0.717) is 17.1 Å². The lowest BCUT2D eigenvalue weighted by atomic mass is 10.1. The molecule has 0 saturated heterocycles. The summed E-state index contributed by atoms with van der Waals surface area (Å²) in [6.45, 7) is 1.27. The van der Waals surface area contributed by atoms with Crippen LogP contribution in [0.5, 0.6) is 11.5 Å². The first-order chi connectivity index (χ1) is 13.8. The van der Waals surface area contributed by atoms with Gasteiger partial charge in [-0.05, 0) is 30.7 Å². The molecule has 1 aromatic heterocycles. The van der Waals surface area contributed by atoms with E-state index in [1.54, 1.807) is 13.0 Å². The Hall–Kier alpha value is -2.81. The van der Waals surface area contributed by atoms with Crippen molar-refractivity contribution in [3.8, 4) is 11.5 Å². The minimum atomic E-state index is -0.738. The van der Waals surface area contributed by atoms with Crippen molar-refractivity contribution in [2.24, 2.45) is 0 Å². The lowest BCUT2D eigenvalue weighted by Crippen LogP contribution is -2.24. The zero-order chi connectivity index (χ0) is 21.1. The first-order valence-electron chi connectivity index (χ1n) is 8.43. The van der Waals surface area contributed by atoms with Gasteiger partial charge in [-0.3, -0.25) is 4.79 Å². The van der Waals surface area contributed by atoms with Gasteiger partial charge in [-0.1, -0.05) is 29.3 Å². The number of anilines is 1. The number of halogens is 3. The molecule has 1 amide bonds. The molecule has 5 N–H and O–H groups in total. The molecule has 1 heterocycles. The number of carbonyl (C=O) groups is 1. The van der Waals surface area contributed by atoms with Crippen LogP contribution < -0.4 is 15.8 Å². The summed E-state index contributed by atoms with van der Waals surface area (Å²) in [5, 5.41) is 11.9. The lowest BCUT2D eigenvalue weighted by molar-refractivity contribution is 0.0946. The highest BCUT2D eigenvalue weighted by Gasteiger charge is 2.18. The number of imidazole rings is 1. The second kappa shape index (κ2) is 8.69. The third-order valence-corrected chi connectivity index (χ3v) is 4.54. The van der Waals surface area contributed by atoms with E-state index in [4.69, 9.17) is 33.7 Å². The van der Waals surface area contributed by atoms with E-state index in [2.05, 4.69) is 15.3 Å². The number of benzene rings is 2. The molecule has 0 unspecified atom stereocenters. The maximum Gasteiger partial charge on any atom is 0.271 e. The summed E-state index contributed by atoms with van der Waals surface area (Å²) in [5.74, 6) is -0.787. The molecule has 7 nitrogen and oxygen atoms in total. The number of aliphatic hydroxyl groups is 1. The predicted molar refractivity (Wildman–Crippen MR) is 108 cm³/mol. The number of aromatic nitrogens is 2. The van der Waals surface area contributed by atoms with Gasteiger partial charge in [-0.15, -0.1) is 0 Å². The highest BCUT2D eigenvalue weighted by molar-refractivity contribution is 6.32. The van der Waals surface area contributed by atoms with Gasteiger partial charge in [-0.25, -0.2) is 9.37 Å². The number of nitrogens with one attached hydrogen (secondary N) is 2. The van der Waals surface area contributed by atoms with Gasteiger partial charge in [0, 0.05) is 23.9 Å². The smallest absolute Gasteiger partial charge is 0.271 e. The quantitative estimate of drug-likeness (QED) is 0.435. The van der Waals surface area contributed by atoms with E-state index >= 15 is 0 Å². The van der Waals surface area contributed by atoms with Gasteiger partial charge in [0.1, 0.15) is 17.3 Å². The number of hydrogen-bond acceptors (Lipinski definition) is 5. The fourth-order valence-electron chi connectivity index (χ4n) is 2.64. The van der Waals surface area contributed by atoms with E-state index in [9.17, 15) is 14.3 Å². The minimum absolute atomic E-state index is 0.0296. The Morgan fingerprint density at radius 2 is 2.10 bits per heavy atom. The average molecular weight is 439 g/mol. The molecule has 29 heavy (non-hydrogen) atoms. The third kappa shape index (κ3) is 4.79. The van der Waals surface area contributed by atoms with Crippen LogP contribution in [0.1, 0.15) is 27.4 Å². The molecule has 0 radical (unpaired) electrons. The number of ether oxygens (including phenoxy) is 1. The van der Waals surface area contributed by atoms with Crippen LogP contribution in [0.3, 0.4) is 0 Å². The highest BCUT2D eigenvalue weighted by atomic mass is 35.5. The Labute approximate surface area is 175 Å². The second-order valence-electron chi connectivity index (χ2n) is 6.19. The number of amides is 1. The standard InChI is InChI=1S/C19H17Cl2FN4O3/c1-9-25-16(18(21)26-9)19(28)24-7-11-2-3-14(20)17(15(11)22)29-13-5-10(8-27)4-12(23)6-13/h2-6,27H,7-8,23H2,1H3,(H,24,28)(H,25,26). The molecule has 0 spiro atoms. The Morgan fingerprint density at radius 1 is 1.34 bits per heavy atom. The van der Waals surface area contributed by atoms with E-state index in [1.165, 1.54) is 24.3 Å². The first kappa shape index (κ1) is 20.9. The summed E-state index contributed by atoms with van der Waals surface area (Å²) in [4.78, 5) is 18.9. The molecule has 0 aliphatic heterocycles. The van der Waals surface area contributed by atoms with E-state index in [-0.39, 0.29) is 46.1 Å². The van der Waals surface area contributed by atoms with Crippen molar-refractivity contribution in [2.45, 2.75) is 20.1 Å². The van der Waals surface area contributed by atoms with Crippen molar-refractivity contribution in [1.82, 2.24) is 15.3 Å². The van der Waals surface area contributed by atoms with Gasteiger partial charge in [0.05, 0.1) is 11.6 Å². The molecule has 0 aliphatic carbocycles. The van der Waals surface area contributed by atoms with E-state index in [1.807, 2.05) is 0 Å². The number of nitrogens with zero attached hydrogens (tertiary/aromatic N) is 1. The molecule has 0 bridgehead atoms. The number of aliphatic hydroxyl groups excluding tert-OH is 1. The van der Waals surface area contributed by atoms with Crippen LogP contribution in [-0.2, 0) is 13.2 Å². The van der Waals surface area contributed by atoms with Crippen LogP contribution in [-0.4, -0.2) is 21.0 Å². The summed E-state index contributed by atoms with van der Waals surface area (Å²) in [5.41, 5.74) is 6.85. The van der Waals surface area contributed by atoms with Crippen LogP contribution >= 0.6 is 23.2 Å². The Morgan fingerprint density at radius 3 is 2.76 bits per heavy atom. The number of rotatable bonds is 6. The number of carbonyl (C=O) groups excluding carboxylic acids is 1. The van der Waals surface area contributed by atoms with Crippen molar-refractivity contribution in [1.29, 1.82) is 0 Å². The molecule has 3 rings (SSSR count). The first-order valence-corrected chi connectivity index (χ1v) is 9.19. The highest BCUT2D eigenvalue weighted by Crippen LogP contribution is 2.35. The van der Waals surface area contributed by atoms with Gasteiger partial charge < -0.3 is 25.9 Å². The van der Waals surface area contributed by atoms with Gasteiger partial charge in [0.15, 0.2) is 16.7 Å². The molecule has 3 aromatic rings. The van der Waals surface area contributed by atoms with Crippen LogP contribution in [0.25, 0.3) is 0 Å². The monoisotopic (exact) mass is 438 g/mol. The van der Waals surface area contributed by atoms with Crippen molar-refractivity contribution >= 4 is 34.8 Å². The Bertz CT molecular complexity index is 1070. The number of aromatic amines is 1. The largest absolute Gasteiger partial charge is 0.453 e. The van der Waals surface area contributed by atoms with E-state index < -0.39 is 11.7 Å². The fraction of sp³-hybridized carbons (Fsp3) is 0.158. The number of nitrogens with two attached hydrogens (primary N) is 1. The summed E-state index contributed by atoms with van der Waals surface area (Å²) in [7, 11) is 0. The average Bonchev–Trinajstić information content (AvgIpc) is 3.02.